The highest BCUT2D eigenvalue weighted by Gasteiger charge is 2.42. The Morgan fingerprint density at radius 3 is 2.47 bits per heavy atom. The summed E-state index contributed by atoms with van der Waals surface area (Å²) >= 11 is 5.79. The van der Waals surface area contributed by atoms with E-state index >= 15 is 0 Å². The smallest absolute Gasteiger partial charge is 0.170 e. The van der Waals surface area contributed by atoms with E-state index in [-0.39, 0.29) is 18.1 Å². The molecule has 4 nitrogen and oxygen atoms in total. The summed E-state index contributed by atoms with van der Waals surface area (Å²) in [7, 11) is 0. The van der Waals surface area contributed by atoms with Crippen LogP contribution in [0.15, 0.2) is 72.9 Å². The van der Waals surface area contributed by atoms with Crippen molar-refractivity contribution < 1.29 is 0 Å². The second-order valence-corrected chi connectivity index (χ2v) is 9.17. The van der Waals surface area contributed by atoms with Gasteiger partial charge in [0.15, 0.2) is 5.11 Å². The van der Waals surface area contributed by atoms with Crippen LogP contribution in [0.3, 0.4) is 0 Å². The Kier molecular flexibility index (Phi) is 5.22. The summed E-state index contributed by atoms with van der Waals surface area (Å²) in [6, 6.07) is 23.9. The zero-order chi connectivity index (χ0) is 22.4. The zero-order valence-electron chi connectivity index (χ0n) is 18.9. The fourth-order valence-corrected chi connectivity index (χ4v) is 5.57. The minimum Gasteiger partial charge on any atom is -0.352 e. The van der Waals surface area contributed by atoms with Crippen molar-refractivity contribution >= 4 is 28.1 Å². The summed E-state index contributed by atoms with van der Waals surface area (Å²) < 4.78 is 2.38. The molecule has 1 aliphatic heterocycles. The minimum absolute atomic E-state index is 0.00701. The molecule has 0 spiro atoms. The molecular weight excluding hydrogens is 412 g/mol. The standard InChI is InChI=1S/C27H28N4S/c1-17(2)30-26(25(29-27(30)32)23-13-7-8-15-28-23)22-16-18(3)31(19(22)4)24-14-9-11-20-10-5-6-12-21(20)24/h5-17,25-26H,1-4H3,(H,29,32)/t25-,26-/m1/s1. The van der Waals surface area contributed by atoms with E-state index < -0.39 is 0 Å². The molecule has 3 heterocycles. The SMILES string of the molecule is Cc1cc([C@@H]2[C@@H](c3ccccn3)NC(=S)N2C(C)C)c(C)n1-c1cccc2ccccc12. The summed E-state index contributed by atoms with van der Waals surface area (Å²) in [5, 5.41) is 6.85. The van der Waals surface area contributed by atoms with Crippen molar-refractivity contribution in [3.63, 3.8) is 0 Å². The molecule has 1 N–H and O–H groups in total. The van der Waals surface area contributed by atoms with Crippen LogP contribution >= 0.6 is 12.2 Å². The Morgan fingerprint density at radius 2 is 1.72 bits per heavy atom. The second-order valence-electron chi connectivity index (χ2n) is 8.79. The molecular formula is C27H28N4S. The van der Waals surface area contributed by atoms with Crippen LogP contribution in [0.4, 0.5) is 0 Å². The Bertz CT molecular complexity index is 1290. The van der Waals surface area contributed by atoms with Crippen molar-refractivity contribution in [2.75, 3.05) is 0 Å². The maximum absolute atomic E-state index is 5.79. The van der Waals surface area contributed by atoms with E-state index in [0.29, 0.717) is 0 Å². The number of nitrogens with one attached hydrogen (secondary N) is 1. The topological polar surface area (TPSA) is 33.1 Å². The number of benzene rings is 2. The average Bonchev–Trinajstić information content (AvgIpc) is 3.29. The van der Waals surface area contributed by atoms with Gasteiger partial charge in [-0.25, -0.2) is 0 Å². The molecule has 0 unspecified atom stereocenters. The molecule has 32 heavy (non-hydrogen) atoms. The molecule has 2 aromatic heterocycles. The van der Waals surface area contributed by atoms with Gasteiger partial charge in [-0.1, -0.05) is 42.5 Å². The largest absolute Gasteiger partial charge is 0.352 e. The van der Waals surface area contributed by atoms with Gasteiger partial charge in [0.25, 0.3) is 0 Å². The fraction of sp³-hybridized carbons (Fsp3) is 0.259. The third-order valence-electron chi connectivity index (χ3n) is 6.49. The summed E-state index contributed by atoms with van der Waals surface area (Å²) in [6.07, 6.45) is 1.86. The molecule has 4 aromatic rings. The van der Waals surface area contributed by atoms with Crippen molar-refractivity contribution in [3.05, 3.63) is 95.6 Å². The van der Waals surface area contributed by atoms with Crippen molar-refractivity contribution in [2.45, 2.75) is 45.8 Å². The van der Waals surface area contributed by atoms with Gasteiger partial charge in [-0.05, 0) is 75.1 Å². The third-order valence-corrected chi connectivity index (χ3v) is 6.82. The van der Waals surface area contributed by atoms with Gasteiger partial charge in [0.2, 0.25) is 0 Å². The Morgan fingerprint density at radius 1 is 0.969 bits per heavy atom. The van der Waals surface area contributed by atoms with Gasteiger partial charge in [0.1, 0.15) is 0 Å². The second kappa shape index (κ2) is 8.06. The summed E-state index contributed by atoms with van der Waals surface area (Å²) in [5.74, 6) is 0. The van der Waals surface area contributed by atoms with E-state index in [1.807, 2.05) is 18.3 Å². The fourth-order valence-electron chi connectivity index (χ4n) is 5.12. The number of fused-ring (bicyclic) bond motifs is 1. The molecule has 0 bridgehead atoms. The highest BCUT2D eigenvalue weighted by Crippen LogP contribution is 2.42. The van der Waals surface area contributed by atoms with Crippen LogP contribution in [-0.2, 0) is 0 Å². The Balaban J connectivity index is 1.69. The molecule has 2 atom stereocenters. The van der Waals surface area contributed by atoms with Crippen LogP contribution in [0.1, 0.15) is 48.6 Å². The monoisotopic (exact) mass is 440 g/mol. The normalized spacial score (nSPS) is 18.5. The first kappa shape index (κ1) is 20.7. The van der Waals surface area contributed by atoms with Gasteiger partial charge in [-0.2, -0.15) is 0 Å². The number of hydrogen-bond donors (Lipinski definition) is 1. The first-order valence-corrected chi connectivity index (χ1v) is 11.5. The van der Waals surface area contributed by atoms with Crippen LogP contribution in [0.25, 0.3) is 16.5 Å². The lowest BCUT2D eigenvalue weighted by atomic mass is 9.96. The number of thiocarbonyl (C=S) groups is 1. The average molecular weight is 441 g/mol. The molecule has 0 aliphatic carbocycles. The Hall–Kier alpha value is -3.18. The van der Waals surface area contributed by atoms with Gasteiger partial charge in [0, 0.05) is 29.0 Å². The molecule has 0 radical (unpaired) electrons. The number of hydrogen-bond acceptors (Lipinski definition) is 2. The van der Waals surface area contributed by atoms with Crippen LogP contribution in [-0.4, -0.2) is 25.6 Å². The first-order chi connectivity index (χ1) is 15.5. The number of nitrogens with zero attached hydrogens (tertiary/aromatic N) is 3. The highest BCUT2D eigenvalue weighted by molar-refractivity contribution is 7.80. The summed E-state index contributed by atoms with van der Waals surface area (Å²) in [6.45, 7) is 8.81. The molecule has 162 valence electrons. The maximum Gasteiger partial charge on any atom is 0.170 e. The third kappa shape index (κ3) is 3.28. The molecule has 1 fully saturated rings. The van der Waals surface area contributed by atoms with E-state index in [0.717, 1.165) is 10.8 Å². The van der Waals surface area contributed by atoms with E-state index in [4.69, 9.17) is 12.2 Å². The molecule has 1 saturated heterocycles. The van der Waals surface area contributed by atoms with Crippen molar-refractivity contribution in [2.24, 2.45) is 0 Å². The quantitative estimate of drug-likeness (QED) is 0.393. The Labute approximate surface area is 194 Å². The number of rotatable bonds is 4. The van der Waals surface area contributed by atoms with Crippen LogP contribution in [0.5, 0.6) is 0 Å². The van der Waals surface area contributed by atoms with Gasteiger partial charge >= 0.3 is 0 Å². The van der Waals surface area contributed by atoms with Crippen molar-refractivity contribution in [1.82, 2.24) is 19.8 Å². The zero-order valence-corrected chi connectivity index (χ0v) is 19.7. The molecule has 2 aromatic carbocycles. The number of aryl methyl sites for hydroxylation is 1. The molecule has 0 amide bonds. The van der Waals surface area contributed by atoms with Crippen LogP contribution in [0.2, 0.25) is 0 Å². The predicted octanol–water partition coefficient (Wildman–Crippen LogP) is 6.02. The van der Waals surface area contributed by atoms with Crippen LogP contribution < -0.4 is 5.32 Å². The summed E-state index contributed by atoms with van der Waals surface area (Å²) in [4.78, 5) is 6.99. The molecule has 1 aliphatic rings. The van der Waals surface area contributed by atoms with Crippen molar-refractivity contribution in [3.8, 4) is 5.69 Å². The molecule has 5 rings (SSSR count). The highest BCUT2D eigenvalue weighted by atomic mass is 32.1. The maximum atomic E-state index is 5.79. The van der Waals surface area contributed by atoms with E-state index in [1.165, 1.54) is 33.4 Å². The first-order valence-electron chi connectivity index (χ1n) is 11.1. The number of pyridine rings is 1. The van der Waals surface area contributed by atoms with Crippen LogP contribution in [0, 0.1) is 13.8 Å². The number of aromatic nitrogens is 2. The molecule has 5 heteroatoms. The lowest BCUT2D eigenvalue weighted by Crippen LogP contribution is -2.35. The van der Waals surface area contributed by atoms with E-state index in [1.54, 1.807) is 0 Å². The van der Waals surface area contributed by atoms with Gasteiger partial charge < -0.3 is 14.8 Å². The van der Waals surface area contributed by atoms with Gasteiger partial charge in [-0.15, -0.1) is 0 Å². The molecule has 0 saturated carbocycles. The van der Waals surface area contributed by atoms with Gasteiger partial charge in [-0.3, -0.25) is 4.98 Å². The minimum atomic E-state index is 0.00701. The van der Waals surface area contributed by atoms with Gasteiger partial charge in [0.05, 0.1) is 23.5 Å². The summed E-state index contributed by atoms with van der Waals surface area (Å²) in [5.41, 5.74) is 5.96. The lowest BCUT2D eigenvalue weighted by molar-refractivity contribution is 0.269. The van der Waals surface area contributed by atoms with E-state index in [9.17, 15) is 0 Å². The lowest BCUT2D eigenvalue weighted by Gasteiger charge is -2.31. The van der Waals surface area contributed by atoms with Crippen molar-refractivity contribution in [1.29, 1.82) is 0 Å². The predicted molar refractivity (Wildman–Crippen MR) is 135 cm³/mol. The van der Waals surface area contributed by atoms with E-state index in [2.05, 4.69) is 102 Å².